The van der Waals surface area contributed by atoms with E-state index in [-0.39, 0.29) is 12.2 Å². The number of hydrogen-bond donors (Lipinski definition) is 1. The molecule has 0 bridgehead atoms. The average Bonchev–Trinajstić information content (AvgIpc) is 2.83. The zero-order valence-electron chi connectivity index (χ0n) is 12.1. The molecule has 6 nitrogen and oxygen atoms in total. The van der Waals surface area contributed by atoms with Crippen molar-refractivity contribution in [3.8, 4) is 0 Å². The van der Waals surface area contributed by atoms with Gasteiger partial charge in [0, 0.05) is 10.9 Å². The van der Waals surface area contributed by atoms with Gasteiger partial charge in [-0.2, -0.15) is 0 Å². The Morgan fingerprint density at radius 2 is 1.95 bits per heavy atom. The van der Waals surface area contributed by atoms with E-state index in [2.05, 4.69) is 4.74 Å². The van der Waals surface area contributed by atoms with Crippen molar-refractivity contribution >= 4 is 22.8 Å². The van der Waals surface area contributed by atoms with Crippen molar-refractivity contribution in [2.24, 2.45) is 0 Å². The summed E-state index contributed by atoms with van der Waals surface area (Å²) in [5.74, 6) is -1.28. The molecule has 0 radical (unpaired) electrons. The Balaban J connectivity index is 2.52. The fourth-order valence-corrected chi connectivity index (χ4v) is 2.24. The molecule has 1 atom stereocenters. The average molecular weight is 291 g/mol. The summed E-state index contributed by atoms with van der Waals surface area (Å²) in [6.07, 6.45) is -1.35. The van der Waals surface area contributed by atoms with E-state index < -0.39 is 18.0 Å². The minimum Gasteiger partial charge on any atom is -0.467 e. The van der Waals surface area contributed by atoms with Crippen molar-refractivity contribution in [3.05, 3.63) is 35.5 Å². The molecule has 0 aliphatic carbocycles. The fraction of sp³-hybridized carbons (Fsp3) is 0.333. The lowest BCUT2D eigenvalue weighted by molar-refractivity contribution is -0.151. The van der Waals surface area contributed by atoms with Crippen molar-refractivity contribution < 1.29 is 24.2 Å². The van der Waals surface area contributed by atoms with Crippen LogP contribution in [0.15, 0.2) is 24.3 Å². The molecule has 112 valence electrons. The monoisotopic (exact) mass is 291 g/mol. The molecule has 0 saturated carbocycles. The number of benzene rings is 1. The van der Waals surface area contributed by atoms with Crippen molar-refractivity contribution in [1.29, 1.82) is 0 Å². The van der Waals surface area contributed by atoms with Gasteiger partial charge in [0.15, 0.2) is 6.10 Å². The van der Waals surface area contributed by atoms with Gasteiger partial charge in [-0.3, -0.25) is 0 Å². The second-order valence-electron chi connectivity index (χ2n) is 4.73. The van der Waals surface area contributed by atoms with Gasteiger partial charge in [0.2, 0.25) is 0 Å². The SMILES string of the molecule is COC(=O)c1cc2cc(C)ccc2n1CC(O)C(=O)OC. The highest BCUT2D eigenvalue weighted by atomic mass is 16.5. The normalized spacial score (nSPS) is 12.2. The van der Waals surface area contributed by atoms with Crippen molar-refractivity contribution in [2.75, 3.05) is 14.2 Å². The molecule has 1 aromatic heterocycles. The Hall–Kier alpha value is -2.34. The van der Waals surface area contributed by atoms with Gasteiger partial charge >= 0.3 is 11.9 Å². The highest BCUT2D eigenvalue weighted by Crippen LogP contribution is 2.22. The molecule has 0 spiro atoms. The van der Waals surface area contributed by atoms with Crippen LogP contribution in [0.25, 0.3) is 10.9 Å². The van der Waals surface area contributed by atoms with Crippen LogP contribution in [-0.2, 0) is 20.8 Å². The molecule has 0 fully saturated rings. The van der Waals surface area contributed by atoms with Crippen LogP contribution in [0.5, 0.6) is 0 Å². The fourth-order valence-electron chi connectivity index (χ4n) is 2.24. The molecule has 0 aliphatic rings. The number of fused-ring (bicyclic) bond motifs is 1. The van der Waals surface area contributed by atoms with Crippen LogP contribution >= 0.6 is 0 Å². The standard InChI is InChI=1S/C15H17NO5/c1-9-4-5-11-10(6-9)7-12(14(18)20-2)16(11)8-13(17)15(19)21-3/h4-7,13,17H,8H2,1-3H3. The van der Waals surface area contributed by atoms with Gasteiger partial charge in [-0.1, -0.05) is 11.6 Å². The summed E-state index contributed by atoms with van der Waals surface area (Å²) in [6.45, 7) is 1.86. The molecular weight excluding hydrogens is 274 g/mol. The molecule has 21 heavy (non-hydrogen) atoms. The first-order valence-electron chi connectivity index (χ1n) is 6.42. The number of aliphatic hydroxyl groups excluding tert-OH is 1. The summed E-state index contributed by atoms with van der Waals surface area (Å²) in [5.41, 5.74) is 2.06. The summed E-state index contributed by atoms with van der Waals surface area (Å²) < 4.78 is 10.8. The molecule has 1 unspecified atom stereocenters. The Labute approximate surface area is 121 Å². The van der Waals surface area contributed by atoms with Gasteiger partial charge in [0.05, 0.1) is 20.8 Å². The second kappa shape index (κ2) is 5.97. The number of esters is 2. The number of ether oxygens (including phenoxy) is 2. The Morgan fingerprint density at radius 1 is 1.24 bits per heavy atom. The zero-order chi connectivity index (χ0) is 15.6. The third-order valence-electron chi connectivity index (χ3n) is 3.28. The lowest BCUT2D eigenvalue weighted by Gasteiger charge is -2.13. The Bertz CT molecular complexity index is 689. The molecule has 1 N–H and O–H groups in total. The Morgan fingerprint density at radius 3 is 2.57 bits per heavy atom. The quantitative estimate of drug-likeness (QED) is 0.858. The van der Waals surface area contributed by atoms with Gasteiger partial charge in [0.1, 0.15) is 5.69 Å². The molecule has 1 heterocycles. The van der Waals surface area contributed by atoms with Gasteiger partial charge in [-0.15, -0.1) is 0 Å². The summed E-state index contributed by atoms with van der Waals surface area (Å²) in [7, 11) is 2.48. The summed E-state index contributed by atoms with van der Waals surface area (Å²) >= 11 is 0. The van der Waals surface area contributed by atoms with Crippen LogP contribution in [0.4, 0.5) is 0 Å². The minimum atomic E-state index is -1.35. The van der Waals surface area contributed by atoms with Crippen LogP contribution in [-0.4, -0.2) is 41.9 Å². The van der Waals surface area contributed by atoms with Crippen LogP contribution in [0, 0.1) is 6.92 Å². The Kier molecular flexibility index (Phi) is 4.28. The molecule has 0 aliphatic heterocycles. The van der Waals surface area contributed by atoms with Crippen LogP contribution in [0.2, 0.25) is 0 Å². The zero-order valence-corrected chi connectivity index (χ0v) is 12.1. The molecule has 6 heteroatoms. The number of rotatable bonds is 4. The summed E-state index contributed by atoms with van der Waals surface area (Å²) in [6, 6.07) is 7.33. The highest BCUT2D eigenvalue weighted by molar-refractivity contribution is 5.96. The third-order valence-corrected chi connectivity index (χ3v) is 3.28. The van der Waals surface area contributed by atoms with E-state index in [1.807, 2.05) is 25.1 Å². The van der Waals surface area contributed by atoms with Crippen LogP contribution in [0.3, 0.4) is 0 Å². The van der Waals surface area contributed by atoms with E-state index in [0.717, 1.165) is 16.5 Å². The molecule has 0 amide bonds. The number of aryl methyl sites for hydroxylation is 1. The number of aromatic nitrogens is 1. The molecular formula is C15H17NO5. The lowest BCUT2D eigenvalue weighted by Crippen LogP contribution is -2.28. The van der Waals surface area contributed by atoms with Crippen molar-refractivity contribution in [3.63, 3.8) is 0 Å². The van der Waals surface area contributed by atoms with E-state index in [0.29, 0.717) is 0 Å². The van der Waals surface area contributed by atoms with Crippen LogP contribution < -0.4 is 0 Å². The van der Waals surface area contributed by atoms with Gasteiger partial charge in [0.25, 0.3) is 0 Å². The van der Waals surface area contributed by atoms with E-state index in [1.54, 1.807) is 10.6 Å². The molecule has 0 saturated heterocycles. The number of nitrogens with zero attached hydrogens (tertiary/aromatic N) is 1. The molecule has 1 aromatic carbocycles. The maximum atomic E-state index is 11.9. The first-order valence-corrected chi connectivity index (χ1v) is 6.42. The first-order chi connectivity index (χ1) is 9.97. The maximum Gasteiger partial charge on any atom is 0.354 e. The predicted molar refractivity (Wildman–Crippen MR) is 76.0 cm³/mol. The lowest BCUT2D eigenvalue weighted by atomic mass is 10.2. The highest BCUT2D eigenvalue weighted by Gasteiger charge is 2.22. The number of hydrogen-bond acceptors (Lipinski definition) is 5. The van der Waals surface area contributed by atoms with Crippen molar-refractivity contribution in [1.82, 2.24) is 4.57 Å². The topological polar surface area (TPSA) is 77.8 Å². The molecule has 2 rings (SSSR count). The van der Waals surface area contributed by atoms with Gasteiger partial charge < -0.3 is 19.1 Å². The van der Waals surface area contributed by atoms with E-state index in [9.17, 15) is 14.7 Å². The number of methoxy groups -OCH3 is 2. The second-order valence-corrected chi connectivity index (χ2v) is 4.73. The van der Waals surface area contributed by atoms with Gasteiger partial charge in [-0.05, 0) is 25.1 Å². The maximum absolute atomic E-state index is 11.9. The third kappa shape index (κ3) is 2.90. The number of carbonyl (C=O) groups is 2. The number of carbonyl (C=O) groups excluding carboxylic acids is 2. The summed E-state index contributed by atoms with van der Waals surface area (Å²) in [5, 5.41) is 10.7. The predicted octanol–water partition coefficient (Wildman–Crippen LogP) is 1.27. The number of aliphatic hydroxyl groups is 1. The van der Waals surface area contributed by atoms with E-state index in [1.165, 1.54) is 14.2 Å². The van der Waals surface area contributed by atoms with Crippen molar-refractivity contribution in [2.45, 2.75) is 19.6 Å². The van der Waals surface area contributed by atoms with E-state index >= 15 is 0 Å². The summed E-state index contributed by atoms with van der Waals surface area (Å²) in [4.78, 5) is 23.2. The van der Waals surface area contributed by atoms with Gasteiger partial charge in [-0.25, -0.2) is 9.59 Å². The first kappa shape index (κ1) is 15.1. The molecule has 2 aromatic rings. The minimum absolute atomic E-state index is 0.0797. The van der Waals surface area contributed by atoms with E-state index in [4.69, 9.17) is 4.74 Å². The smallest absolute Gasteiger partial charge is 0.354 e. The largest absolute Gasteiger partial charge is 0.467 e. The van der Waals surface area contributed by atoms with Crippen LogP contribution in [0.1, 0.15) is 16.1 Å².